The summed E-state index contributed by atoms with van der Waals surface area (Å²) in [4.78, 5) is 23.4. The molecule has 0 aliphatic heterocycles. The first-order valence-corrected chi connectivity index (χ1v) is 21.1. The van der Waals surface area contributed by atoms with Gasteiger partial charge in [0.15, 0.2) is 12.2 Å². The summed E-state index contributed by atoms with van der Waals surface area (Å²) in [5, 5.41) is 98.4. The van der Waals surface area contributed by atoms with E-state index in [1.807, 2.05) is 0 Å². The summed E-state index contributed by atoms with van der Waals surface area (Å²) in [6, 6.07) is 0. The van der Waals surface area contributed by atoms with E-state index in [0.29, 0.717) is 13.1 Å². The van der Waals surface area contributed by atoms with Gasteiger partial charge in [0.1, 0.15) is 36.6 Å². The van der Waals surface area contributed by atoms with Gasteiger partial charge in [0, 0.05) is 13.1 Å². The first-order valence-electron chi connectivity index (χ1n) is 21.1. The zero-order chi connectivity index (χ0) is 41.0. The minimum atomic E-state index is -1.85. The van der Waals surface area contributed by atoms with Crippen LogP contribution in [0.1, 0.15) is 168 Å². The Hall–Kier alpha value is -1.46. The number of carbonyl (C=O) groups excluding carboxylic acids is 2. The minimum absolute atomic E-state index is 0.387. The molecule has 0 heterocycles. The topological polar surface area (TPSA) is 260 Å². The van der Waals surface area contributed by atoms with Crippen molar-refractivity contribution in [2.75, 3.05) is 26.3 Å². The minimum Gasteiger partial charge on any atom is -0.394 e. The average Bonchev–Trinajstić information content (AvgIpc) is 3.18. The van der Waals surface area contributed by atoms with Crippen LogP contribution < -0.4 is 10.6 Å². The van der Waals surface area contributed by atoms with Crippen LogP contribution in [-0.4, -0.2) is 138 Å². The van der Waals surface area contributed by atoms with Gasteiger partial charge in [-0.25, -0.2) is 0 Å². The largest absolute Gasteiger partial charge is 0.394 e. The Morgan fingerprint density at radius 3 is 0.815 bits per heavy atom. The molecule has 0 radical (unpaired) electrons. The molecule has 14 heteroatoms. The number of unbranched alkanes of at least 4 members (excludes halogenated alkanes) is 22. The molecule has 0 fully saturated rings. The Balaban J connectivity index is 0. The van der Waals surface area contributed by atoms with Crippen molar-refractivity contribution in [1.29, 1.82) is 0 Å². The van der Waals surface area contributed by atoms with Crippen molar-refractivity contribution < 1.29 is 60.7 Å². The van der Waals surface area contributed by atoms with Crippen molar-refractivity contribution in [3.63, 3.8) is 0 Å². The Morgan fingerprint density at radius 2 is 0.593 bits per heavy atom. The summed E-state index contributed by atoms with van der Waals surface area (Å²) < 4.78 is 0. The summed E-state index contributed by atoms with van der Waals surface area (Å²) >= 11 is 0. The molecule has 8 atom stereocenters. The predicted molar refractivity (Wildman–Crippen MR) is 210 cm³/mol. The number of nitrogens with one attached hydrogen (secondary N) is 2. The summed E-state index contributed by atoms with van der Waals surface area (Å²) in [6.07, 6.45) is 15.0. The van der Waals surface area contributed by atoms with Crippen LogP contribution in [0.25, 0.3) is 0 Å². The van der Waals surface area contributed by atoms with Crippen molar-refractivity contribution in [2.24, 2.45) is 0 Å². The van der Waals surface area contributed by atoms with Crippen LogP contribution in [-0.2, 0) is 9.59 Å². The lowest BCUT2D eigenvalue weighted by Crippen LogP contribution is -2.51. The van der Waals surface area contributed by atoms with Gasteiger partial charge in [0.2, 0.25) is 0 Å². The molecular weight excluding hydrogens is 700 g/mol. The summed E-state index contributed by atoms with van der Waals surface area (Å²) in [7, 11) is 0. The number of amides is 2. The van der Waals surface area contributed by atoms with E-state index in [4.69, 9.17) is 10.2 Å². The normalized spacial score (nSPS) is 15.9. The zero-order valence-electron chi connectivity index (χ0n) is 33.7. The lowest BCUT2D eigenvalue weighted by Gasteiger charge is -2.24. The molecule has 0 rings (SSSR count). The van der Waals surface area contributed by atoms with E-state index in [9.17, 15) is 50.4 Å². The van der Waals surface area contributed by atoms with E-state index < -0.39 is 73.9 Å². The fraction of sp³-hybridized carbons (Fsp3) is 0.950. The van der Waals surface area contributed by atoms with Gasteiger partial charge >= 0.3 is 0 Å². The first kappa shape index (κ1) is 54.6. The third kappa shape index (κ3) is 29.8. The molecule has 0 aromatic rings. The molecule has 0 unspecified atom stereocenters. The van der Waals surface area contributed by atoms with E-state index in [1.165, 1.54) is 116 Å². The molecule has 0 aliphatic rings. The molecule has 0 aromatic heterocycles. The van der Waals surface area contributed by atoms with Crippen molar-refractivity contribution in [3.8, 4) is 0 Å². The third-order valence-corrected chi connectivity index (χ3v) is 9.71. The Morgan fingerprint density at radius 1 is 0.370 bits per heavy atom. The van der Waals surface area contributed by atoms with Crippen LogP contribution in [0.15, 0.2) is 0 Å². The van der Waals surface area contributed by atoms with Crippen LogP contribution in [0.2, 0.25) is 0 Å². The van der Waals surface area contributed by atoms with Gasteiger partial charge < -0.3 is 61.7 Å². The number of aliphatic hydroxyl groups is 10. The second-order valence-electron chi connectivity index (χ2n) is 14.7. The molecule has 14 nitrogen and oxygen atoms in total. The maximum atomic E-state index is 11.8. The fourth-order valence-electron chi connectivity index (χ4n) is 5.92. The highest BCUT2D eigenvalue weighted by atomic mass is 16.4. The van der Waals surface area contributed by atoms with Gasteiger partial charge in [-0.15, -0.1) is 0 Å². The molecule has 0 aliphatic carbocycles. The molecule has 0 saturated heterocycles. The SMILES string of the molecule is CCCCCCCCCCCCCCCCNC(=O)[C@H](O)[C@@H](O)[C@H](O)[C@H](O)CO.CCCCCCCCCCCCNC(=O)[C@H](O)[C@@H](O)[C@H](O)[C@H](O)CO. The van der Waals surface area contributed by atoms with Crippen LogP contribution in [0.5, 0.6) is 0 Å². The standard InChI is InChI=1S/C22H45NO6.C18H37NO6/c1-2-3-4-5-6-7-8-9-10-11-12-13-14-15-16-23-22(29)21(28)20(27)19(26)18(25)17-24;1-2-3-4-5-6-7-8-9-10-11-12-19-18(25)17(24)16(23)15(22)14(21)13-20/h18-21,24-28H,2-17H2,1H3,(H,23,29);14-17,20-24H,2-13H2,1H3,(H,19,25)/t18-,19-,20+,21-;14-,15-,16+,17-/m11/s1. The van der Waals surface area contributed by atoms with E-state index in [2.05, 4.69) is 24.5 Å². The molecule has 0 saturated carbocycles. The Kier molecular flexibility index (Phi) is 38.9. The lowest BCUT2D eigenvalue weighted by atomic mass is 10.0. The molecule has 12 N–H and O–H groups in total. The number of aliphatic hydroxyl groups excluding tert-OH is 10. The maximum Gasteiger partial charge on any atom is 0.251 e. The summed E-state index contributed by atoms with van der Waals surface area (Å²) in [5.41, 5.74) is 0. The smallest absolute Gasteiger partial charge is 0.251 e. The highest BCUT2D eigenvalue weighted by Crippen LogP contribution is 2.14. The molecule has 2 amide bonds. The van der Waals surface area contributed by atoms with Gasteiger partial charge in [-0.1, -0.05) is 155 Å². The van der Waals surface area contributed by atoms with Crippen molar-refractivity contribution in [3.05, 3.63) is 0 Å². The molecular formula is C40H82N2O12. The number of carbonyl (C=O) groups is 2. The van der Waals surface area contributed by atoms with Gasteiger partial charge in [0.25, 0.3) is 11.8 Å². The zero-order valence-corrected chi connectivity index (χ0v) is 33.7. The van der Waals surface area contributed by atoms with E-state index in [0.717, 1.165) is 38.5 Å². The lowest BCUT2D eigenvalue weighted by molar-refractivity contribution is -0.149. The van der Waals surface area contributed by atoms with E-state index in [1.54, 1.807) is 0 Å². The monoisotopic (exact) mass is 783 g/mol. The first-order chi connectivity index (χ1) is 25.9. The van der Waals surface area contributed by atoms with Crippen LogP contribution in [0.3, 0.4) is 0 Å². The van der Waals surface area contributed by atoms with Crippen molar-refractivity contribution in [1.82, 2.24) is 10.6 Å². The van der Waals surface area contributed by atoms with E-state index in [-0.39, 0.29) is 0 Å². The maximum absolute atomic E-state index is 11.8. The van der Waals surface area contributed by atoms with Crippen LogP contribution in [0, 0.1) is 0 Å². The number of rotatable bonds is 36. The van der Waals surface area contributed by atoms with Gasteiger partial charge in [-0.2, -0.15) is 0 Å². The van der Waals surface area contributed by atoms with Crippen LogP contribution in [0.4, 0.5) is 0 Å². The molecule has 54 heavy (non-hydrogen) atoms. The highest BCUT2D eigenvalue weighted by Gasteiger charge is 2.35. The molecule has 0 spiro atoms. The second-order valence-corrected chi connectivity index (χ2v) is 14.7. The Labute approximate surface area is 325 Å². The highest BCUT2D eigenvalue weighted by molar-refractivity contribution is 5.81. The summed E-state index contributed by atoms with van der Waals surface area (Å²) in [6.45, 7) is 3.68. The van der Waals surface area contributed by atoms with E-state index >= 15 is 0 Å². The molecule has 0 bridgehead atoms. The van der Waals surface area contributed by atoms with Crippen LogP contribution >= 0.6 is 0 Å². The van der Waals surface area contributed by atoms with Crippen molar-refractivity contribution >= 4 is 11.8 Å². The van der Waals surface area contributed by atoms with Crippen molar-refractivity contribution in [2.45, 2.75) is 217 Å². The molecule has 0 aromatic carbocycles. The van der Waals surface area contributed by atoms with Gasteiger partial charge in [0.05, 0.1) is 13.2 Å². The summed E-state index contributed by atoms with van der Waals surface area (Å²) in [5.74, 6) is -1.59. The average molecular weight is 783 g/mol. The number of hydrogen-bond donors (Lipinski definition) is 12. The van der Waals surface area contributed by atoms with Gasteiger partial charge in [-0.05, 0) is 12.8 Å². The second kappa shape index (κ2) is 38.4. The predicted octanol–water partition coefficient (Wildman–Crippen LogP) is 2.48. The number of hydrogen-bond acceptors (Lipinski definition) is 12. The fourth-order valence-corrected chi connectivity index (χ4v) is 5.92. The molecule has 324 valence electrons. The Bertz CT molecular complexity index is 843. The third-order valence-electron chi connectivity index (χ3n) is 9.71. The van der Waals surface area contributed by atoms with Gasteiger partial charge in [-0.3, -0.25) is 9.59 Å². The quantitative estimate of drug-likeness (QED) is 0.0410.